The molecule has 0 aliphatic carbocycles. The number of hydrogen-bond acceptors (Lipinski definition) is 4. The summed E-state index contributed by atoms with van der Waals surface area (Å²) in [6.07, 6.45) is 0.797. The third-order valence-corrected chi connectivity index (χ3v) is 3.77. The Morgan fingerprint density at radius 3 is 2.61 bits per heavy atom. The number of halogens is 2. The number of nitrogens with one attached hydrogen (secondary N) is 1. The second-order valence-corrected chi connectivity index (χ2v) is 6.05. The van der Waals surface area contributed by atoms with Gasteiger partial charge in [-0.1, -0.05) is 34.4 Å². The van der Waals surface area contributed by atoms with E-state index >= 15 is 0 Å². The number of carbonyl (C=O) groups excluding carboxylic acids is 1. The Bertz CT molecular complexity index is 548. The van der Waals surface area contributed by atoms with Crippen molar-refractivity contribution in [2.45, 2.75) is 19.8 Å². The number of nitrogens with zero attached hydrogens (tertiary/aromatic N) is 2. The number of oxime groups is 1. The zero-order chi connectivity index (χ0) is 17.2. The first-order chi connectivity index (χ1) is 10.9. The van der Waals surface area contributed by atoms with Gasteiger partial charge in [-0.3, -0.25) is 4.79 Å². The highest BCUT2D eigenvalue weighted by Gasteiger charge is 2.10. The van der Waals surface area contributed by atoms with Crippen LogP contribution < -0.4 is 5.32 Å². The third kappa shape index (κ3) is 7.68. The lowest BCUT2D eigenvalue weighted by Gasteiger charge is -2.11. The molecule has 0 saturated carbocycles. The van der Waals surface area contributed by atoms with Crippen LogP contribution in [-0.2, 0) is 9.63 Å². The average Bonchev–Trinajstić information content (AvgIpc) is 2.50. The SMILES string of the molecule is CCO/N=C(\CCC(=O)NCCN(C)C)c1ccc(Cl)c(Cl)c1. The molecule has 7 heteroatoms. The predicted molar refractivity (Wildman–Crippen MR) is 95.4 cm³/mol. The highest BCUT2D eigenvalue weighted by Crippen LogP contribution is 2.23. The van der Waals surface area contributed by atoms with Gasteiger partial charge in [0.25, 0.3) is 0 Å². The topological polar surface area (TPSA) is 53.9 Å². The van der Waals surface area contributed by atoms with Gasteiger partial charge in [-0.2, -0.15) is 0 Å². The molecule has 0 aliphatic rings. The zero-order valence-corrected chi connectivity index (χ0v) is 15.2. The fraction of sp³-hybridized carbons (Fsp3) is 0.500. The summed E-state index contributed by atoms with van der Waals surface area (Å²) in [5.41, 5.74) is 1.47. The minimum atomic E-state index is -0.0175. The molecule has 1 rings (SSSR count). The smallest absolute Gasteiger partial charge is 0.220 e. The predicted octanol–water partition coefficient (Wildman–Crippen LogP) is 3.19. The minimum absolute atomic E-state index is 0.0175. The van der Waals surface area contributed by atoms with Crippen LogP contribution in [-0.4, -0.2) is 50.3 Å². The van der Waals surface area contributed by atoms with Crippen LogP contribution in [0.3, 0.4) is 0 Å². The molecular formula is C16H23Cl2N3O2. The largest absolute Gasteiger partial charge is 0.396 e. The molecule has 0 heterocycles. The van der Waals surface area contributed by atoms with Gasteiger partial charge in [0.05, 0.1) is 15.8 Å². The monoisotopic (exact) mass is 359 g/mol. The van der Waals surface area contributed by atoms with E-state index in [1.165, 1.54) is 0 Å². The van der Waals surface area contributed by atoms with Crippen molar-refractivity contribution in [2.75, 3.05) is 33.8 Å². The van der Waals surface area contributed by atoms with E-state index in [9.17, 15) is 4.79 Å². The van der Waals surface area contributed by atoms with Gasteiger partial charge in [-0.15, -0.1) is 0 Å². The lowest BCUT2D eigenvalue weighted by molar-refractivity contribution is -0.120. The Hall–Kier alpha value is -1.30. The van der Waals surface area contributed by atoms with Crippen molar-refractivity contribution in [3.05, 3.63) is 33.8 Å². The second-order valence-electron chi connectivity index (χ2n) is 5.24. The quantitative estimate of drug-likeness (QED) is 0.544. The van der Waals surface area contributed by atoms with E-state index in [-0.39, 0.29) is 5.91 Å². The number of amides is 1. The number of rotatable bonds is 9. The summed E-state index contributed by atoms with van der Waals surface area (Å²) in [5.74, 6) is -0.0175. The molecule has 1 N–H and O–H groups in total. The maximum Gasteiger partial charge on any atom is 0.220 e. The van der Waals surface area contributed by atoms with Crippen molar-refractivity contribution in [3.63, 3.8) is 0 Å². The first kappa shape index (κ1) is 19.7. The fourth-order valence-electron chi connectivity index (χ4n) is 1.80. The van der Waals surface area contributed by atoms with E-state index in [1.807, 2.05) is 32.0 Å². The molecular weight excluding hydrogens is 337 g/mol. The maximum atomic E-state index is 11.9. The molecule has 128 valence electrons. The first-order valence-corrected chi connectivity index (χ1v) is 8.25. The van der Waals surface area contributed by atoms with Gasteiger partial charge >= 0.3 is 0 Å². The van der Waals surface area contributed by atoms with Gasteiger partial charge in [0, 0.05) is 31.5 Å². The summed E-state index contributed by atoms with van der Waals surface area (Å²) in [7, 11) is 3.92. The lowest BCUT2D eigenvalue weighted by Crippen LogP contribution is -2.31. The number of hydrogen-bond donors (Lipinski definition) is 1. The molecule has 1 amide bonds. The van der Waals surface area contributed by atoms with Crippen molar-refractivity contribution in [3.8, 4) is 0 Å². The summed E-state index contributed by atoms with van der Waals surface area (Å²) < 4.78 is 0. The van der Waals surface area contributed by atoms with E-state index in [2.05, 4.69) is 10.5 Å². The zero-order valence-electron chi connectivity index (χ0n) is 13.7. The molecule has 0 radical (unpaired) electrons. The standard InChI is InChI=1S/C16H23Cl2N3O2/c1-4-23-20-15(12-5-6-13(17)14(18)11-12)7-8-16(22)19-9-10-21(2)3/h5-6,11H,4,7-10H2,1-3H3,(H,19,22)/b20-15+. The van der Waals surface area contributed by atoms with Crippen LogP contribution in [0.1, 0.15) is 25.3 Å². The summed E-state index contributed by atoms with van der Waals surface area (Å²) in [6.45, 7) is 3.73. The van der Waals surface area contributed by atoms with Crippen LogP contribution in [0.25, 0.3) is 0 Å². The van der Waals surface area contributed by atoms with Crippen LogP contribution in [0.4, 0.5) is 0 Å². The maximum absolute atomic E-state index is 11.9. The molecule has 23 heavy (non-hydrogen) atoms. The van der Waals surface area contributed by atoms with E-state index < -0.39 is 0 Å². The minimum Gasteiger partial charge on any atom is -0.396 e. The Kier molecular flexibility index (Phi) is 8.99. The number of benzene rings is 1. The Balaban J connectivity index is 2.65. The molecule has 0 saturated heterocycles. The van der Waals surface area contributed by atoms with Crippen LogP contribution in [0.5, 0.6) is 0 Å². The van der Waals surface area contributed by atoms with Crippen LogP contribution in [0.2, 0.25) is 10.0 Å². The highest BCUT2D eigenvalue weighted by atomic mass is 35.5. The van der Waals surface area contributed by atoms with Crippen molar-refractivity contribution in [2.24, 2.45) is 5.16 Å². The fourth-order valence-corrected chi connectivity index (χ4v) is 2.10. The van der Waals surface area contributed by atoms with Crippen LogP contribution in [0.15, 0.2) is 23.4 Å². The van der Waals surface area contributed by atoms with Gasteiger partial charge in [0.2, 0.25) is 5.91 Å². The molecule has 0 aliphatic heterocycles. The van der Waals surface area contributed by atoms with Gasteiger partial charge in [-0.25, -0.2) is 0 Å². The summed E-state index contributed by atoms with van der Waals surface area (Å²) >= 11 is 12.0. The van der Waals surface area contributed by atoms with Gasteiger partial charge < -0.3 is 15.1 Å². The summed E-state index contributed by atoms with van der Waals surface area (Å²) in [4.78, 5) is 19.0. The molecule has 0 spiro atoms. The number of carbonyl (C=O) groups is 1. The average molecular weight is 360 g/mol. The molecule has 1 aromatic rings. The van der Waals surface area contributed by atoms with Crippen molar-refractivity contribution in [1.82, 2.24) is 10.2 Å². The molecule has 0 fully saturated rings. The third-order valence-electron chi connectivity index (χ3n) is 3.03. The van der Waals surface area contributed by atoms with E-state index in [0.29, 0.717) is 41.8 Å². The summed E-state index contributed by atoms with van der Waals surface area (Å²) in [6, 6.07) is 5.25. The second kappa shape index (κ2) is 10.5. The molecule has 0 aromatic heterocycles. The van der Waals surface area contributed by atoms with Crippen molar-refractivity contribution < 1.29 is 9.63 Å². The normalized spacial score (nSPS) is 11.7. The molecule has 5 nitrogen and oxygen atoms in total. The van der Waals surface area contributed by atoms with E-state index in [1.54, 1.807) is 12.1 Å². The Labute approximate surface area is 147 Å². The Morgan fingerprint density at radius 2 is 2.00 bits per heavy atom. The first-order valence-electron chi connectivity index (χ1n) is 7.49. The van der Waals surface area contributed by atoms with E-state index in [0.717, 1.165) is 12.1 Å². The lowest BCUT2D eigenvalue weighted by atomic mass is 10.1. The van der Waals surface area contributed by atoms with Gasteiger partial charge in [-0.05, 0) is 33.2 Å². The molecule has 0 bridgehead atoms. The molecule has 1 aromatic carbocycles. The van der Waals surface area contributed by atoms with Crippen LogP contribution in [0, 0.1) is 0 Å². The Morgan fingerprint density at radius 1 is 1.26 bits per heavy atom. The highest BCUT2D eigenvalue weighted by molar-refractivity contribution is 6.42. The summed E-state index contributed by atoms with van der Waals surface area (Å²) in [5, 5.41) is 7.89. The molecule has 0 atom stereocenters. The molecule has 0 unspecified atom stereocenters. The van der Waals surface area contributed by atoms with Crippen molar-refractivity contribution in [1.29, 1.82) is 0 Å². The van der Waals surface area contributed by atoms with Gasteiger partial charge in [0.15, 0.2) is 0 Å². The van der Waals surface area contributed by atoms with E-state index in [4.69, 9.17) is 28.0 Å². The van der Waals surface area contributed by atoms with Crippen molar-refractivity contribution >= 4 is 34.8 Å². The van der Waals surface area contributed by atoms with Crippen LogP contribution >= 0.6 is 23.2 Å². The number of likely N-dealkylation sites (N-methyl/N-ethyl adjacent to an activating group) is 1. The van der Waals surface area contributed by atoms with Gasteiger partial charge in [0.1, 0.15) is 6.61 Å².